The molecule has 0 aromatic rings. The number of fused-ring (bicyclic) bond motifs is 1. The Bertz CT molecular complexity index is 638. The fourth-order valence-corrected chi connectivity index (χ4v) is 7.47. The van der Waals surface area contributed by atoms with Crippen molar-refractivity contribution in [1.82, 2.24) is 0 Å². The van der Waals surface area contributed by atoms with Crippen molar-refractivity contribution in [3.63, 3.8) is 0 Å². The second kappa shape index (κ2) is 9.45. The van der Waals surface area contributed by atoms with E-state index in [-0.39, 0.29) is 29.5 Å². The summed E-state index contributed by atoms with van der Waals surface area (Å²) in [7, 11) is 0. The van der Waals surface area contributed by atoms with Crippen molar-refractivity contribution in [3.8, 4) is 0 Å². The van der Waals surface area contributed by atoms with Gasteiger partial charge >= 0.3 is 0 Å². The quantitative estimate of drug-likeness (QED) is 0.480. The maximum atomic E-state index is 13.8. The molecule has 0 bridgehead atoms. The second-order valence-corrected chi connectivity index (χ2v) is 11.7. The normalized spacial score (nSPS) is 40.4. The zero-order valence-corrected chi connectivity index (χ0v) is 20.1. The van der Waals surface area contributed by atoms with Gasteiger partial charge in [-0.15, -0.1) is 0 Å². The lowest BCUT2D eigenvalue weighted by Crippen LogP contribution is -2.47. The zero-order chi connectivity index (χ0) is 22.1. The second-order valence-electron chi connectivity index (χ2n) is 11.7. The first-order valence-electron chi connectivity index (χ1n) is 12.7. The van der Waals surface area contributed by atoms with Gasteiger partial charge < -0.3 is 10.2 Å². The van der Waals surface area contributed by atoms with Gasteiger partial charge in [-0.2, -0.15) is 0 Å². The van der Waals surface area contributed by atoms with Crippen molar-refractivity contribution < 1.29 is 15.0 Å². The van der Waals surface area contributed by atoms with Crippen LogP contribution < -0.4 is 0 Å². The lowest BCUT2D eigenvalue weighted by molar-refractivity contribution is -0.136. The van der Waals surface area contributed by atoms with Gasteiger partial charge in [0.25, 0.3) is 0 Å². The van der Waals surface area contributed by atoms with Crippen molar-refractivity contribution >= 4 is 5.78 Å². The van der Waals surface area contributed by atoms with Crippen LogP contribution in [0.4, 0.5) is 0 Å². The van der Waals surface area contributed by atoms with Gasteiger partial charge in [-0.05, 0) is 81.0 Å². The van der Waals surface area contributed by atoms with Crippen LogP contribution in [0.2, 0.25) is 0 Å². The Morgan fingerprint density at radius 2 is 1.87 bits per heavy atom. The van der Waals surface area contributed by atoms with Crippen molar-refractivity contribution in [3.05, 3.63) is 11.6 Å². The molecule has 3 aliphatic rings. The first-order valence-corrected chi connectivity index (χ1v) is 12.7. The third-order valence-electron chi connectivity index (χ3n) is 9.39. The molecule has 172 valence electrons. The third kappa shape index (κ3) is 4.44. The van der Waals surface area contributed by atoms with Crippen LogP contribution in [0.3, 0.4) is 0 Å². The Kier molecular flexibility index (Phi) is 7.55. The monoisotopic (exact) mass is 418 g/mol. The van der Waals surface area contributed by atoms with Crippen molar-refractivity contribution in [2.45, 2.75) is 105 Å². The van der Waals surface area contributed by atoms with Crippen LogP contribution in [-0.2, 0) is 4.79 Å². The molecule has 2 saturated carbocycles. The maximum absolute atomic E-state index is 13.8. The van der Waals surface area contributed by atoms with E-state index in [1.807, 2.05) is 0 Å². The molecule has 3 nitrogen and oxygen atoms in total. The molecule has 2 N–H and O–H groups in total. The molecular formula is C27H46O3. The van der Waals surface area contributed by atoms with E-state index in [1.165, 1.54) is 31.3 Å². The Morgan fingerprint density at radius 1 is 1.13 bits per heavy atom. The number of Topliss-reactive ketones (excluding diaryl/α,β-unsaturated/α-hetero) is 1. The van der Waals surface area contributed by atoms with Crippen LogP contribution in [0.5, 0.6) is 0 Å². The van der Waals surface area contributed by atoms with Gasteiger partial charge in [0.05, 0.1) is 6.10 Å². The first-order chi connectivity index (χ1) is 14.1. The van der Waals surface area contributed by atoms with Crippen molar-refractivity contribution in [2.75, 3.05) is 6.61 Å². The Hall–Kier alpha value is -0.670. The molecule has 7 atom stereocenters. The largest absolute Gasteiger partial charge is 0.396 e. The molecule has 0 aromatic heterocycles. The standard InChI is InChI=1S/C27H46O3/c1-18(2)7-6-8-19(3)23-11-12-24(27(23,5)15-16-28)22-10-9-20-17-21(29)13-14-26(20,4)25(22)30/h9,18-19,21-24,28-29H,6-8,10-17H2,1-5H3. The van der Waals surface area contributed by atoms with Gasteiger partial charge in [0.15, 0.2) is 0 Å². The molecule has 0 saturated heterocycles. The van der Waals surface area contributed by atoms with Crippen molar-refractivity contribution in [1.29, 1.82) is 0 Å². The van der Waals surface area contributed by atoms with Crippen LogP contribution in [0.25, 0.3) is 0 Å². The average Bonchev–Trinajstić information content (AvgIpc) is 3.00. The van der Waals surface area contributed by atoms with Crippen LogP contribution in [-0.4, -0.2) is 28.7 Å². The fourth-order valence-electron chi connectivity index (χ4n) is 7.47. The summed E-state index contributed by atoms with van der Waals surface area (Å²) in [5, 5.41) is 20.1. The molecule has 3 heteroatoms. The number of ketones is 1. The van der Waals surface area contributed by atoms with Crippen LogP contribution in [0, 0.1) is 40.4 Å². The predicted octanol–water partition coefficient (Wildman–Crippen LogP) is 5.93. The molecule has 3 rings (SSSR count). The van der Waals surface area contributed by atoms with Crippen LogP contribution in [0.1, 0.15) is 98.8 Å². The van der Waals surface area contributed by atoms with Gasteiger partial charge in [-0.1, -0.05) is 58.6 Å². The number of aliphatic hydroxyl groups is 2. The van der Waals surface area contributed by atoms with Gasteiger partial charge in [-0.25, -0.2) is 0 Å². The molecule has 30 heavy (non-hydrogen) atoms. The molecule has 0 aliphatic heterocycles. The summed E-state index contributed by atoms with van der Waals surface area (Å²) in [6.07, 6.45) is 12.0. The lowest BCUT2D eigenvalue weighted by Gasteiger charge is -2.48. The van der Waals surface area contributed by atoms with Gasteiger partial charge in [0.2, 0.25) is 0 Å². The molecule has 3 aliphatic carbocycles. The smallest absolute Gasteiger partial charge is 0.146 e. The Labute approximate surface area is 184 Å². The highest BCUT2D eigenvalue weighted by Crippen LogP contribution is 2.59. The predicted molar refractivity (Wildman–Crippen MR) is 123 cm³/mol. The van der Waals surface area contributed by atoms with E-state index in [2.05, 4.69) is 40.7 Å². The van der Waals surface area contributed by atoms with E-state index in [4.69, 9.17) is 0 Å². The molecule has 0 spiro atoms. The lowest BCUT2D eigenvalue weighted by atomic mass is 9.56. The van der Waals surface area contributed by atoms with E-state index < -0.39 is 0 Å². The molecule has 0 amide bonds. The number of carbonyl (C=O) groups excluding carboxylic acids is 1. The molecular weight excluding hydrogens is 372 g/mol. The topological polar surface area (TPSA) is 57.5 Å². The summed E-state index contributed by atoms with van der Waals surface area (Å²) in [5.74, 6) is 2.88. The first kappa shape index (κ1) is 24.0. The molecule has 7 unspecified atom stereocenters. The number of aliphatic hydroxyl groups excluding tert-OH is 2. The summed E-state index contributed by atoms with van der Waals surface area (Å²) in [5.41, 5.74) is 0.855. The summed E-state index contributed by atoms with van der Waals surface area (Å²) in [4.78, 5) is 13.8. The maximum Gasteiger partial charge on any atom is 0.146 e. The summed E-state index contributed by atoms with van der Waals surface area (Å²) in [6.45, 7) is 11.7. The minimum absolute atomic E-state index is 0.0439. The van der Waals surface area contributed by atoms with E-state index in [0.29, 0.717) is 30.0 Å². The molecule has 0 heterocycles. The van der Waals surface area contributed by atoms with Gasteiger partial charge in [0.1, 0.15) is 5.78 Å². The Balaban J connectivity index is 1.79. The third-order valence-corrected chi connectivity index (χ3v) is 9.39. The Morgan fingerprint density at radius 3 is 2.53 bits per heavy atom. The highest BCUT2D eigenvalue weighted by atomic mass is 16.3. The number of hydrogen-bond acceptors (Lipinski definition) is 3. The van der Waals surface area contributed by atoms with E-state index in [9.17, 15) is 15.0 Å². The van der Waals surface area contributed by atoms with E-state index in [0.717, 1.165) is 38.0 Å². The van der Waals surface area contributed by atoms with E-state index >= 15 is 0 Å². The fraction of sp³-hybridized carbons (Fsp3) is 0.889. The average molecular weight is 419 g/mol. The van der Waals surface area contributed by atoms with Gasteiger partial charge in [0, 0.05) is 17.9 Å². The number of rotatable bonds is 8. The number of allylic oxidation sites excluding steroid dienone is 1. The molecule has 0 aromatic carbocycles. The summed E-state index contributed by atoms with van der Waals surface area (Å²) >= 11 is 0. The summed E-state index contributed by atoms with van der Waals surface area (Å²) < 4.78 is 0. The summed E-state index contributed by atoms with van der Waals surface area (Å²) in [6, 6.07) is 0. The highest BCUT2D eigenvalue weighted by Gasteiger charge is 2.55. The van der Waals surface area contributed by atoms with E-state index in [1.54, 1.807) is 0 Å². The SMILES string of the molecule is CC(C)CCCC(C)C1CCC(C2CC=C3CC(O)CCC3(C)C2=O)C1(C)CCO. The van der Waals surface area contributed by atoms with Crippen molar-refractivity contribution in [2.24, 2.45) is 40.4 Å². The highest BCUT2D eigenvalue weighted by molar-refractivity contribution is 5.91. The number of carbonyl (C=O) groups is 1. The van der Waals surface area contributed by atoms with Crippen LogP contribution >= 0.6 is 0 Å². The van der Waals surface area contributed by atoms with Crippen LogP contribution in [0.15, 0.2) is 11.6 Å². The minimum atomic E-state index is -0.372. The molecule has 2 fully saturated rings. The van der Waals surface area contributed by atoms with Gasteiger partial charge in [-0.3, -0.25) is 4.79 Å². The zero-order valence-electron chi connectivity index (χ0n) is 20.1. The molecule has 0 radical (unpaired) electrons. The number of hydrogen-bond donors (Lipinski definition) is 2. The minimum Gasteiger partial charge on any atom is -0.396 e.